The smallest absolute Gasteiger partial charge is 0.339 e. The van der Waals surface area contributed by atoms with E-state index in [0.29, 0.717) is 11.3 Å². The zero-order valence-corrected chi connectivity index (χ0v) is 22.0. The van der Waals surface area contributed by atoms with Gasteiger partial charge < -0.3 is 9.50 Å². The summed E-state index contributed by atoms with van der Waals surface area (Å²) in [5.41, 5.74) is 1.90. The minimum atomic E-state index is -4.09. The molecule has 0 atom stereocenters. The molecule has 1 saturated heterocycles. The minimum Gasteiger partial charge on any atom is -0.379 e. The van der Waals surface area contributed by atoms with Crippen molar-refractivity contribution in [3.63, 3.8) is 0 Å². The fourth-order valence-electron chi connectivity index (χ4n) is 3.26. The van der Waals surface area contributed by atoms with Crippen molar-refractivity contribution in [2.75, 3.05) is 5.32 Å². The van der Waals surface area contributed by atoms with Crippen molar-refractivity contribution >= 4 is 66.6 Å². The van der Waals surface area contributed by atoms with E-state index in [0.717, 1.165) is 21.8 Å². The second-order valence-corrected chi connectivity index (χ2v) is 11.2. The largest absolute Gasteiger partial charge is 0.379 e. The van der Waals surface area contributed by atoms with Gasteiger partial charge in [0, 0.05) is 17.1 Å². The molecule has 36 heavy (non-hydrogen) atoms. The molecular formula is C25H19BrN2O6S2. The molecule has 0 aliphatic carbocycles. The highest BCUT2D eigenvalue weighted by atomic mass is 79.9. The number of rotatable bonds is 7. The predicted molar refractivity (Wildman–Crippen MR) is 141 cm³/mol. The third kappa shape index (κ3) is 6.23. The molecule has 1 aliphatic heterocycles. The normalized spacial score (nSPS) is 14.8. The number of benzene rings is 3. The maximum Gasteiger partial charge on any atom is 0.339 e. The van der Waals surface area contributed by atoms with Gasteiger partial charge in [-0.1, -0.05) is 40.2 Å². The van der Waals surface area contributed by atoms with Gasteiger partial charge in [-0.2, -0.15) is 8.42 Å². The van der Waals surface area contributed by atoms with E-state index in [4.69, 9.17) is 4.18 Å². The van der Waals surface area contributed by atoms with Crippen LogP contribution in [0.1, 0.15) is 18.1 Å². The van der Waals surface area contributed by atoms with Gasteiger partial charge in [0.15, 0.2) is 0 Å². The number of nitrogens with one attached hydrogen (secondary N) is 1. The van der Waals surface area contributed by atoms with Crippen LogP contribution < -0.4 is 9.50 Å². The Hall–Kier alpha value is -3.41. The summed E-state index contributed by atoms with van der Waals surface area (Å²) in [5, 5.41) is 2.20. The van der Waals surface area contributed by atoms with Gasteiger partial charge in [0.25, 0.3) is 11.1 Å². The van der Waals surface area contributed by atoms with Crippen LogP contribution in [0.5, 0.6) is 5.75 Å². The summed E-state index contributed by atoms with van der Waals surface area (Å²) >= 11 is 4.21. The van der Waals surface area contributed by atoms with Crippen LogP contribution in [0.3, 0.4) is 0 Å². The number of halogens is 1. The molecule has 1 aliphatic rings. The van der Waals surface area contributed by atoms with Crippen molar-refractivity contribution < 1.29 is 27.0 Å². The molecule has 0 bridgehead atoms. The van der Waals surface area contributed by atoms with Crippen LogP contribution >= 0.6 is 27.7 Å². The van der Waals surface area contributed by atoms with Gasteiger partial charge in [0.2, 0.25) is 5.91 Å². The maximum absolute atomic E-state index is 12.8. The first-order chi connectivity index (χ1) is 17.1. The Morgan fingerprint density at radius 3 is 2.25 bits per heavy atom. The van der Waals surface area contributed by atoms with Crippen LogP contribution in [0.2, 0.25) is 0 Å². The Morgan fingerprint density at radius 2 is 1.64 bits per heavy atom. The van der Waals surface area contributed by atoms with Gasteiger partial charge in [-0.3, -0.25) is 19.3 Å². The molecule has 1 N–H and O–H groups in total. The number of anilines is 1. The maximum atomic E-state index is 12.8. The molecule has 8 nitrogen and oxygen atoms in total. The van der Waals surface area contributed by atoms with Crippen molar-refractivity contribution in [1.29, 1.82) is 0 Å². The highest BCUT2D eigenvalue weighted by Gasteiger charge is 2.35. The molecule has 0 radical (unpaired) electrons. The number of carbonyl (C=O) groups excluding carboxylic acids is 3. The summed E-state index contributed by atoms with van der Waals surface area (Å²) in [6.07, 6.45) is 1.57. The topological polar surface area (TPSA) is 110 Å². The Morgan fingerprint density at radius 1 is 1.00 bits per heavy atom. The van der Waals surface area contributed by atoms with Crippen molar-refractivity contribution in [3.8, 4) is 5.75 Å². The Bertz CT molecular complexity index is 1450. The van der Waals surface area contributed by atoms with E-state index in [-0.39, 0.29) is 33.2 Å². The standard InChI is InChI=1S/C25H19BrN2O6S2/c1-16(29)27-20-8-12-22(13-9-20)36(32,33)34-21-10-4-17(5-11-21)14-23-24(30)28(25(31)35-23)15-18-2-6-19(26)7-3-18/h2-14H,15H2,1H3,(H,27,29)/b23-14-. The summed E-state index contributed by atoms with van der Waals surface area (Å²) in [7, 11) is -4.09. The van der Waals surface area contributed by atoms with Crippen LogP contribution in [0.4, 0.5) is 10.5 Å². The zero-order chi connectivity index (χ0) is 25.9. The lowest BCUT2D eigenvalue weighted by molar-refractivity contribution is -0.123. The fraction of sp³-hybridized carbons (Fsp3) is 0.0800. The molecule has 184 valence electrons. The van der Waals surface area contributed by atoms with Crippen LogP contribution in [-0.2, 0) is 26.3 Å². The average Bonchev–Trinajstić information content (AvgIpc) is 3.09. The monoisotopic (exact) mass is 586 g/mol. The lowest BCUT2D eigenvalue weighted by Crippen LogP contribution is -2.27. The number of carbonyl (C=O) groups is 3. The zero-order valence-electron chi connectivity index (χ0n) is 18.8. The van der Waals surface area contributed by atoms with E-state index in [1.165, 1.54) is 48.2 Å². The molecule has 3 aromatic carbocycles. The summed E-state index contributed by atoms with van der Waals surface area (Å²) < 4.78 is 31.2. The van der Waals surface area contributed by atoms with Crippen LogP contribution in [0.15, 0.2) is 87.1 Å². The predicted octanol–water partition coefficient (Wildman–Crippen LogP) is 5.41. The van der Waals surface area contributed by atoms with Gasteiger partial charge in [-0.05, 0) is 77.5 Å². The SMILES string of the molecule is CC(=O)Nc1ccc(S(=O)(=O)Oc2ccc(/C=C3\SC(=O)N(Cc4ccc(Br)cc4)C3=O)cc2)cc1. The van der Waals surface area contributed by atoms with E-state index >= 15 is 0 Å². The second-order valence-electron chi connectivity index (χ2n) is 7.71. The number of thioether (sulfide) groups is 1. The third-order valence-corrected chi connectivity index (χ3v) is 7.67. The molecule has 3 amide bonds. The fourth-order valence-corrected chi connectivity index (χ4v) is 5.30. The molecule has 0 aromatic heterocycles. The number of imide groups is 1. The molecule has 11 heteroatoms. The number of nitrogens with zero attached hydrogens (tertiary/aromatic N) is 1. The van der Waals surface area contributed by atoms with Crippen LogP contribution in [0, 0.1) is 0 Å². The first kappa shape index (κ1) is 25.7. The molecule has 1 heterocycles. The third-order valence-electron chi connectivity index (χ3n) is 4.97. The first-order valence-electron chi connectivity index (χ1n) is 10.5. The van der Waals surface area contributed by atoms with Gasteiger partial charge >= 0.3 is 10.1 Å². The molecule has 0 spiro atoms. The average molecular weight is 587 g/mol. The van der Waals surface area contributed by atoms with E-state index < -0.39 is 16.0 Å². The molecule has 4 rings (SSSR count). The van der Waals surface area contributed by atoms with E-state index in [1.807, 2.05) is 24.3 Å². The summed E-state index contributed by atoms with van der Waals surface area (Å²) in [4.78, 5) is 37.6. The summed E-state index contributed by atoms with van der Waals surface area (Å²) in [6.45, 7) is 1.53. The van der Waals surface area contributed by atoms with Crippen LogP contribution in [0.25, 0.3) is 6.08 Å². The molecule has 0 unspecified atom stereocenters. The lowest BCUT2D eigenvalue weighted by atomic mass is 10.2. The number of amides is 3. The Balaban J connectivity index is 1.43. The van der Waals surface area contributed by atoms with Gasteiger partial charge in [0.1, 0.15) is 10.6 Å². The van der Waals surface area contributed by atoms with Gasteiger partial charge in [-0.15, -0.1) is 0 Å². The van der Waals surface area contributed by atoms with Gasteiger partial charge in [0.05, 0.1) is 11.4 Å². The first-order valence-corrected chi connectivity index (χ1v) is 13.5. The van der Waals surface area contributed by atoms with Crippen molar-refractivity contribution in [2.24, 2.45) is 0 Å². The quantitative estimate of drug-likeness (QED) is 0.291. The Kier molecular flexibility index (Phi) is 7.62. The second kappa shape index (κ2) is 10.7. The van der Waals surface area contributed by atoms with E-state index in [1.54, 1.807) is 18.2 Å². The molecule has 1 fully saturated rings. The minimum absolute atomic E-state index is 0.0693. The van der Waals surface area contributed by atoms with Crippen molar-refractivity contribution in [2.45, 2.75) is 18.4 Å². The summed E-state index contributed by atoms with van der Waals surface area (Å²) in [5.74, 6) is -0.573. The van der Waals surface area contributed by atoms with E-state index in [2.05, 4.69) is 21.2 Å². The van der Waals surface area contributed by atoms with Crippen molar-refractivity contribution in [1.82, 2.24) is 4.90 Å². The summed E-state index contributed by atoms with van der Waals surface area (Å²) in [6, 6.07) is 19.0. The lowest BCUT2D eigenvalue weighted by Gasteiger charge is -2.12. The van der Waals surface area contributed by atoms with E-state index in [9.17, 15) is 22.8 Å². The highest BCUT2D eigenvalue weighted by molar-refractivity contribution is 9.10. The molecular weight excluding hydrogens is 568 g/mol. The number of hydrogen-bond donors (Lipinski definition) is 1. The molecule has 0 saturated carbocycles. The van der Waals surface area contributed by atoms with Crippen LogP contribution in [-0.4, -0.2) is 30.4 Å². The number of hydrogen-bond acceptors (Lipinski definition) is 7. The van der Waals surface area contributed by atoms with Gasteiger partial charge in [-0.25, -0.2) is 0 Å². The molecule has 3 aromatic rings. The van der Waals surface area contributed by atoms with Crippen molar-refractivity contribution in [3.05, 3.63) is 93.3 Å². The Labute approximate surface area is 220 Å². The highest BCUT2D eigenvalue weighted by Crippen LogP contribution is 2.33.